The number of aromatic nitrogens is 1. The summed E-state index contributed by atoms with van der Waals surface area (Å²) in [5.41, 5.74) is 0.208. The maximum absolute atomic E-state index is 12.7. The fourth-order valence-corrected chi connectivity index (χ4v) is 3.72. The normalized spacial score (nSPS) is 18.2. The van der Waals surface area contributed by atoms with Crippen LogP contribution in [-0.4, -0.2) is 53.3 Å². The Morgan fingerprint density at radius 1 is 1.19 bits per heavy atom. The molecule has 2 aliphatic rings. The average Bonchev–Trinajstić information content (AvgIpc) is 3.12. The zero-order valence-corrected chi connectivity index (χ0v) is 17.0. The molecule has 0 aliphatic carbocycles. The number of pyridine rings is 1. The van der Waals surface area contributed by atoms with Gasteiger partial charge in [0.1, 0.15) is 11.6 Å². The van der Waals surface area contributed by atoms with Crippen LogP contribution in [0, 0.1) is 0 Å². The van der Waals surface area contributed by atoms with Crippen molar-refractivity contribution in [2.75, 3.05) is 29.9 Å². The Bertz CT molecular complexity index is 1070. The van der Waals surface area contributed by atoms with E-state index in [1.165, 1.54) is 17.0 Å². The lowest BCUT2D eigenvalue weighted by Crippen LogP contribution is -2.56. The minimum Gasteiger partial charge on any atom is -0.426 e. The smallest absolute Gasteiger partial charge is 0.417 e. The molecule has 1 atom stereocenters. The third-order valence-electron chi connectivity index (χ3n) is 5.36. The lowest BCUT2D eigenvalue weighted by molar-refractivity contribution is -0.143. The van der Waals surface area contributed by atoms with Crippen molar-refractivity contribution in [3.63, 3.8) is 0 Å². The zero-order chi connectivity index (χ0) is 23.0. The molecular formula is C21H19F3N4O4. The number of amides is 2. The Hall–Kier alpha value is -3.63. The number of nitrogens with one attached hydrogen (secondary N) is 1. The van der Waals surface area contributed by atoms with Gasteiger partial charge in [0.25, 0.3) is 0 Å². The zero-order valence-electron chi connectivity index (χ0n) is 17.0. The van der Waals surface area contributed by atoms with Gasteiger partial charge in [-0.25, -0.2) is 4.98 Å². The molecule has 0 unspecified atom stereocenters. The van der Waals surface area contributed by atoms with E-state index in [9.17, 15) is 27.6 Å². The number of halogens is 3. The molecule has 4 rings (SSSR count). The number of esters is 1. The van der Waals surface area contributed by atoms with Gasteiger partial charge in [0.2, 0.25) is 0 Å². The molecule has 168 valence electrons. The van der Waals surface area contributed by atoms with Crippen molar-refractivity contribution >= 4 is 29.3 Å². The molecule has 11 heteroatoms. The highest BCUT2D eigenvalue weighted by Crippen LogP contribution is 2.30. The summed E-state index contributed by atoms with van der Waals surface area (Å²) in [6.45, 7) is 2.52. The van der Waals surface area contributed by atoms with Crippen LogP contribution in [0.3, 0.4) is 0 Å². The first-order valence-electron chi connectivity index (χ1n) is 9.85. The highest BCUT2D eigenvalue weighted by molar-refractivity contribution is 6.39. The van der Waals surface area contributed by atoms with E-state index in [2.05, 4.69) is 10.3 Å². The first-order chi connectivity index (χ1) is 15.1. The van der Waals surface area contributed by atoms with Gasteiger partial charge in [0.05, 0.1) is 12.0 Å². The van der Waals surface area contributed by atoms with E-state index < -0.39 is 23.6 Å². The number of anilines is 2. The molecule has 1 saturated heterocycles. The van der Waals surface area contributed by atoms with E-state index in [0.29, 0.717) is 29.4 Å². The summed E-state index contributed by atoms with van der Waals surface area (Å²) in [7, 11) is 0. The van der Waals surface area contributed by atoms with Gasteiger partial charge in [0, 0.05) is 49.2 Å². The van der Waals surface area contributed by atoms with Crippen molar-refractivity contribution in [2.45, 2.75) is 25.6 Å². The number of carbonyl (C=O) groups excluding carboxylic acids is 3. The molecule has 1 aromatic heterocycles. The monoisotopic (exact) mass is 448 g/mol. The van der Waals surface area contributed by atoms with Crippen LogP contribution in [0.2, 0.25) is 0 Å². The summed E-state index contributed by atoms with van der Waals surface area (Å²) >= 11 is 0. The van der Waals surface area contributed by atoms with E-state index in [1.54, 1.807) is 24.0 Å². The number of ether oxygens (including phenoxy) is 1. The molecule has 2 aromatic rings. The molecule has 2 amide bonds. The third kappa shape index (κ3) is 4.36. The Balaban J connectivity index is 1.36. The second kappa shape index (κ2) is 8.13. The van der Waals surface area contributed by atoms with Crippen LogP contribution >= 0.6 is 0 Å². The Morgan fingerprint density at radius 2 is 1.97 bits per heavy atom. The molecule has 2 aliphatic heterocycles. The number of rotatable bonds is 2. The van der Waals surface area contributed by atoms with E-state index in [4.69, 9.17) is 4.74 Å². The van der Waals surface area contributed by atoms with Gasteiger partial charge in [-0.3, -0.25) is 14.4 Å². The van der Waals surface area contributed by atoms with Crippen molar-refractivity contribution in [3.05, 3.63) is 47.7 Å². The van der Waals surface area contributed by atoms with Gasteiger partial charge in [-0.05, 0) is 25.1 Å². The van der Waals surface area contributed by atoms with E-state index in [-0.39, 0.29) is 31.5 Å². The summed E-state index contributed by atoms with van der Waals surface area (Å²) in [5.74, 6) is -1.22. The van der Waals surface area contributed by atoms with Crippen LogP contribution < -0.4 is 15.0 Å². The fourth-order valence-electron chi connectivity index (χ4n) is 3.72. The lowest BCUT2D eigenvalue weighted by Gasteiger charge is -2.40. The summed E-state index contributed by atoms with van der Waals surface area (Å²) < 4.78 is 43.2. The quantitative estimate of drug-likeness (QED) is 0.431. The molecular weight excluding hydrogens is 429 g/mol. The first-order valence-corrected chi connectivity index (χ1v) is 9.85. The van der Waals surface area contributed by atoms with Crippen molar-refractivity contribution in [1.29, 1.82) is 0 Å². The fraction of sp³-hybridized carbons (Fsp3) is 0.333. The summed E-state index contributed by atoms with van der Waals surface area (Å²) in [5, 5.41) is 2.51. The molecule has 8 nitrogen and oxygen atoms in total. The van der Waals surface area contributed by atoms with Crippen LogP contribution in [0.15, 0.2) is 36.5 Å². The minimum absolute atomic E-state index is 0.165. The van der Waals surface area contributed by atoms with Gasteiger partial charge in [-0.15, -0.1) is 0 Å². The largest absolute Gasteiger partial charge is 0.426 e. The second-order valence-corrected chi connectivity index (χ2v) is 7.62. The van der Waals surface area contributed by atoms with Crippen molar-refractivity contribution < 1.29 is 32.3 Å². The number of piperazine rings is 1. The molecule has 0 radical (unpaired) electrons. The van der Waals surface area contributed by atoms with Crippen molar-refractivity contribution in [2.24, 2.45) is 0 Å². The van der Waals surface area contributed by atoms with Gasteiger partial charge >= 0.3 is 24.0 Å². The third-order valence-corrected chi connectivity index (χ3v) is 5.36. The van der Waals surface area contributed by atoms with E-state index >= 15 is 0 Å². The van der Waals surface area contributed by atoms with Crippen LogP contribution in [0.5, 0.6) is 5.75 Å². The Kier molecular flexibility index (Phi) is 5.49. The van der Waals surface area contributed by atoms with Crippen molar-refractivity contribution in [1.82, 2.24) is 9.88 Å². The number of hydrogen-bond acceptors (Lipinski definition) is 6. The summed E-state index contributed by atoms with van der Waals surface area (Å²) in [6.07, 6.45) is -3.52. The lowest BCUT2D eigenvalue weighted by atomic mass is 10.1. The topological polar surface area (TPSA) is 91.8 Å². The molecule has 0 saturated carbocycles. The van der Waals surface area contributed by atoms with Crippen LogP contribution in [0.25, 0.3) is 0 Å². The van der Waals surface area contributed by atoms with E-state index in [0.717, 1.165) is 12.3 Å². The average molecular weight is 448 g/mol. The molecule has 1 N–H and O–H groups in total. The summed E-state index contributed by atoms with van der Waals surface area (Å²) in [4.78, 5) is 43.4. The van der Waals surface area contributed by atoms with Gasteiger partial charge in [-0.2, -0.15) is 13.2 Å². The second-order valence-electron chi connectivity index (χ2n) is 7.62. The Labute approximate surface area is 181 Å². The highest BCUT2D eigenvalue weighted by atomic mass is 19.4. The SMILES string of the molecule is C[C@@H]1CN(C(=O)C(=O)Nc2ccc3c(c2)OC(=O)C3)CCN1c1ccc(C(F)(F)F)cn1. The number of hydrogen-bond donors (Lipinski definition) is 1. The number of benzene rings is 1. The number of carbonyl (C=O) groups is 3. The molecule has 32 heavy (non-hydrogen) atoms. The maximum atomic E-state index is 12.7. The predicted molar refractivity (Wildman–Crippen MR) is 107 cm³/mol. The van der Waals surface area contributed by atoms with Crippen molar-refractivity contribution in [3.8, 4) is 5.75 Å². The van der Waals surface area contributed by atoms with Gasteiger partial charge in [0.15, 0.2) is 0 Å². The van der Waals surface area contributed by atoms with Crippen LogP contribution in [0.4, 0.5) is 24.7 Å². The maximum Gasteiger partial charge on any atom is 0.417 e. The number of nitrogens with zero attached hydrogens (tertiary/aromatic N) is 3. The molecule has 0 bridgehead atoms. The minimum atomic E-state index is -4.46. The Morgan fingerprint density at radius 3 is 2.62 bits per heavy atom. The predicted octanol–water partition coefficient (Wildman–Crippen LogP) is 2.24. The van der Waals surface area contributed by atoms with Crippen LogP contribution in [-0.2, 0) is 27.0 Å². The van der Waals surface area contributed by atoms with Gasteiger partial charge in [-0.1, -0.05) is 6.07 Å². The number of fused-ring (bicyclic) bond motifs is 1. The molecule has 1 aromatic carbocycles. The summed E-state index contributed by atoms with van der Waals surface area (Å²) in [6, 6.07) is 6.73. The molecule has 0 spiro atoms. The van der Waals surface area contributed by atoms with E-state index in [1.807, 2.05) is 0 Å². The standard InChI is InChI=1S/C21H19F3N4O4/c1-12-11-27(6-7-28(12)17-5-3-14(10-25-17)21(22,23)24)20(31)19(30)26-15-4-2-13-8-18(29)32-16(13)9-15/h2-5,9-10,12H,6-8,11H2,1H3,(H,26,30)/t12-/m1/s1. The van der Waals surface area contributed by atoms with Gasteiger partial charge < -0.3 is 19.9 Å². The molecule has 1 fully saturated rings. The number of alkyl halides is 3. The first kappa shape index (κ1) is 21.6. The highest BCUT2D eigenvalue weighted by Gasteiger charge is 2.33. The van der Waals surface area contributed by atoms with Crippen LogP contribution in [0.1, 0.15) is 18.1 Å². The molecule has 3 heterocycles.